The summed E-state index contributed by atoms with van der Waals surface area (Å²) >= 11 is 0. The average molecular weight is 451 g/mol. The molecule has 0 radical (unpaired) electrons. The molecule has 0 atom stereocenters. The first-order valence-electron chi connectivity index (χ1n) is 12.9. The van der Waals surface area contributed by atoms with Gasteiger partial charge in [-0.15, -0.1) is 0 Å². The van der Waals surface area contributed by atoms with E-state index >= 15 is 0 Å². The van der Waals surface area contributed by atoms with E-state index in [4.69, 9.17) is 9.29 Å². The van der Waals surface area contributed by atoms with E-state index in [1.807, 2.05) is 0 Å². The quantitative estimate of drug-likeness (QED) is 0.133. The van der Waals surface area contributed by atoms with E-state index in [1.165, 1.54) is 128 Å². The highest BCUT2D eigenvalue weighted by atomic mass is 32.2. The molecular weight excluding hydrogens is 396 g/mol. The molecule has 0 amide bonds. The smallest absolute Gasteiger partial charge is 0.261 e. The summed E-state index contributed by atoms with van der Waals surface area (Å²) < 4.78 is 31.6. The van der Waals surface area contributed by atoms with Gasteiger partial charge in [0.2, 0.25) is 0 Å². The maximum atomic E-state index is 9.19. The van der Waals surface area contributed by atoms with Crippen LogP contribution >= 0.6 is 0 Å². The lowest BCUT2D eigenvalue weighted by molar-refractivity contribution is 0.125. The van der Waals surface area contributed by atoms with Gasteiger partial charge >= 0.3 is 0 Å². The fourth-order valence-corrected chi connectivity index (χ4v) is 3.49. The second-order valence-electron chi connectivity index (χ2n) is 8.71. The van der Waals surface area contributed by atoms with Crippen LogP contribution in [-0.2, 0) is 14.9 Å². The van der Waals surface area contributed by atoms with Gasteiger partial charge in [0, 0.05) is 13.2 Å². The summed E-state index contributed by atoms with van der Waals surface area (Å²) in [6, 6.07) is 0. The van der Waals surface area contributed by atoms with E-state index in [9.17, 15) is 8.42 Å². The first-order chi connectivity index (χ1) is 14.4. The monoisotopic (exact) mass is 450 g/mol. The first kappa shape index (κ1) is 32.1. The Kier molecular flexibility index (Phi) is 28.7. The summed E-state index contributed by atoms with van der Waals surface area (Å²) in [6.07, 6.45) is 28.9. The SMILES string of the molecule is CCCCCCCCCCCCOCCCCCCCCCCCC.CS(=O)(=O)O. The highest BCUT2D eigenvalue weighted by Crippen LogP contribution is 2.12. The second-order valence-corrected chi connectivity index (χ2v) is 10.2. The summed E-state index contributed by atoms with van der Waals surface area (Å²) in [4.78, 5) is 0. The van der Waals surface area contributed by atoms with Crippen LogP contribution in [0.5, 0.6) is 0 Å². The molecule has 0 aromatic carbocycles. The van der Waals surface area contributed by atoms with Crippen LogP contribution in [0.4, 0.5) is 0 Å². The van der Waals surface area contributed by atoms with Crippen LogP contribution in [0.1, 0.15) is 142 Å². The Balaban J connectivity index is 0. The summed E-state index contributed by atoms with van der Waals surface area (Å²) in [5.74, 6) is 0. The van der Waals surface area contributed by atoms with Crippen molar-refractivity contribution in [3.63, 3.8) is 0 Å². The standard InChI is InChI=1S/C24H50O.CH4O3S/c1-3-5-7-9-11-13-15-17-19-21-23-25-24-22-20-18-16-14-12-10-8-6-4-2;1-5(2,3)4/h3-24H2,1-2H3;1H3,(H,2,3,4). The average Bonchev–Trinajstić information content (AvgIpc) is 2.68. The molecule has 0 spiro atoms. The molecule has 0 aromatic heterocycles. The van der Waals surface area contributed by atoms with E-state index in [1.54, 1.807) is 0 Å². The zero-order valence-electron chi connectivity index (χ0n) is 20.6. The molecule has 0 aliphatic carbocycles. The highest BCUT2D eigenvalue weighted by Gasteiger charge is 1.95. The first-order valence-corrected chi connectivity index (χ1v) is 14.8. The molecule has 5 heteroatoms. The minimum absolute atomic E-state index is 0.715. The van der Waals surface area contributed by atoms with Crippen LogP contribution in [0.25, 0.3) is 0 Å². The van der Waals surface area contributed by atoms with Crippen molar-refractivity contribution < 1.29 is 17.7 Å². The van der Waals surface area contributed by atoms with Gasteiger partial charge in [0.1, 0.15) is 0 Å². The van der Waals surface area contributed by atoms with Gasteiger partial charge in [-0.25, -0.2) is 0 Å². The van der Waals surface area contributed by atoms with Gasteiger partial charge in [-0.3, -0.25) is 4.55 Å². The predicted octanol–water partition coefficient (Wildman–Crippen LogP) is 8.35. The Labute approximate surface area is 189 Å². The van der Waals surface area contributed by atoms with E-state index in [2.05, 4.69) is 13.8 Å². The molecule has 4 nitrogen and oxygen atoms in total. The maximum Gasteiger partial charge on any atom is 0.261 e. The van der Waals surface area contributed by atoms with Gasteiger partial charge in [0.15, 0.2) is 0 Å². The number of ether oxygens (including phenoxy) is 1. The fourth-order valence-electron chi connectivity index (χ4n) is 3.49. The van der Waals surface area contributed by atoms with Gasteiger partial charge in [0.05, 0.1) is 6.26 Å². The van der Waals surface area contributed by atoms with Gasteiger partial charge in [0.25, 0.3) is 10.1 Å². The molecular formula is C25H54O4S. The van der Waals surface area contributed by atoms with Gasteiger partial charge < -0.3 is 4.74 Å². The van der Waals surface area contributed by atoms with Crippen LogP contribution in [0.2, 0.25) is 0 Å². The Morgan fingerprint density at radius 1 is 0.500 bits per heavy atom. The molecule has 1 N–H and O–H groups in total. The van der Waals surface area contributed by atoms with Crippen molar-refractivity contribution in [2.45, 2.75) is 142 Å². The molecule has 0 aromatic rings. The summed E-state index contributed by atoms with van der Waals surface area (Å²) in [5, 5.41) is 0. The largest absolute Gasteiger partial charge is 0.381 e. The van der Waals surface area contributed by atoms with Crippen molar-refractivity contribution >= 4 is 10.1 Å². The topological polar surface area (TPSA) is 63.6 Å². The van der Waals surface area contributed by atoms with Crippen LogP contribution < -0.4 is 0 Å². The molecule has 0 unspecified atom stereocenters. The number of unbranched alkanes of at least 4 members (excludes halogenated alkanes) is 18. The Morgan fingerprint density at radius 2 is 0.700 bits per heavy atom. The molecule has 184 valence electrons. The maximum absolute atomic E-state index is 9.19. The van der Waals surface area contributed by atoms with Crippen LogP contribution in [0, 0.1) is 0 Å². The Bertz CT molecular complexity index is 366. The van der Waals surface area contributed by atoms with Crippen molar-refractivity contribution in [2.75, 3.05) is 19.5 Å². The Morgan fingerprint density at radius 3 is 0.933 bits per heavy atom. The lowest BCUT2D eigenvalue weighted by Gasteiger charge is -2.05. The predicted molar refractivity (Wildman–Crippen MR) is 132 cm³/mol. The van der Waals surface area contributed by atoms with Gasteiger partial charge in [-0.2, -0.15) is 8.42 Å². The summed E-state index contributed by atoms with van der Waals surface area (Å²) in [5.41, 5.74) is 0. The molecule has 0 aliphatic rings. The van der Waals surface area contributed by atoms with Crippen molar-refractivity contribution in [3.05, 3.63) is 0 Å². The molecule has 0 saturated heterocycles. The lowest BCUT2D eigenvalue weighted by Crippen LogP contribution is -1.97. The third-order valence-electron chi connectivity index (χ3n) is 5.28. The zero-order valence-corrected chi connectivity index (χ0v) is 21.5. The molecule has 30 heavy (non-hydrogen) atoms. The van der Waals surface area contributed by atoms with E-state index < -0.39 is 10.1 Å². The number of hydrogen-bond donors (Lipinski definition) is 1. The Hall–Kier alpha value is -0.130. The third kappa shape index (κ3) is 42.1. The van der Waals surface area contributed by atoms with Crippen LogP contribution in [0.3, 0.4) is 0 Å². The van der Waals surface area contributed by atoms with Crippen LogP contribution in [0.15, 0.2) is 0 Å². The number of rotatable bonds is 22. The molecule has 0 heterocycles. The fraction of sp³-hybridized carbons (Fsp3) is 1.00. The third-order valence-corrected chi connectivity index (χ3v) is 5.28. The van der Waals surface area contributed by atoms with Crippen molar-refractivity contribution in [1.29, 1.82) is 0 Å². The minimum Gasteiger partial charge on any atom is -0.381 e. The van der Waals surface area contributed by atoms with Crippen molar-refractivity contribution in [1.82, 2.24) is 0 Å². The van der Waals surface area contributed by atoms with E-state index in [0.29, 0.717) is 6.26 Å². The zero-order chi connectivity index (χ0) is 22.8. The van der Waals surface area contributed by atoms with Gasteiger partial charge in [-0.05, 0) is 12.8 Å². The normalized spacial score (nSPS) is 11.3. The molecule has 0 aliphatic heterocycles. The van der Waals surface area contributed by atoms with E-state index in [0.717, 1.165) is 13.2 Å². The molecule has 0 bridgehead atoms. The molecule has 0 fully saturated rings. The lowest BCUT2D eigenvalue weighted by atomic mass is 10.1. The highest BCUT2D eigenvalue weighted by molar-refractivity contribution is 7.85. The summed E-state index contributed by atoms with van der Waals surface area (Å²) in [6.45, 7) is 6.57. The van der Waals surface area contributed by atoms with Gasteiger partial charge in [-0.1, -0.05) is 129 Å². The van der Waals surface area contributed by atoms with E-state index in [-0.39, 0.29) is 0 Å². The summed E-state index contributed by atoms with van der Waals surface area (Å²) in [7, 11) is -3.67. The molecule has 0 rings (SSSR count). The second kappa shape index (κ2) is 26.9. The van der Waals surface area contributed by atoms with Crippen LogP contribution in [-0.4, -0.2) is 32.4 Å². The molecule has 0 saturated carbocycles. The number of hydrogen-bond acceptors (Lipinski definition) is 3. The van der Waals surface area contributed by atoms with Crippen molar-refractivity contribution in [3.8, 4) is 0 Å². The van der Waals surface area contributed by atoms with Crippen molar-refractivity contribution in [2.24, 2.45) is 0 Å². The minimum atomic E-state index is -3.67.